The zero-order chi connectivity index (χ0) is 14.3. The molecule has 3 N–H and O–H groups in total. The monoisotopic (exact) mass is 273 g/mol. The predicted molar refractivity (Wildman–Crippen MR) is 66.0 cm³/mol. The van der Waals surface area contributed by atoms with Gasteiger partial charge in [0.1, 0.15) is 18.2 Å². The van der Waals surface area contributed by atoms with E-state index in [-0.39, 0.29) is 18.0 Å². The number of rotatable bonds is 8. The summed E-state index contributed by atoms with van der Waals surface area (Å²) >= 11 is 0. The topological polar surface area (TPSA) is 91.0 Å². The van der Waals surface area contributed by atoms with Crippen molar-refractivity contribution in [2.75, 3.05) is 39.3 Å². The summed E-state index contributed by atoms with van der Waals surface area (Å²) in [5, 5.41) is 8.71. The van der Waals surface area contributed by atoms with E-state index in [1.165, 1.54) is 0 Å². The third kappa shape index (κ3) is 4.72. The second-order valence-corrected chi connectivity index (χ2v) is 3.63. The molecule has 106 valence electrons. The third-order valence-corrected chi connectivity index (χ3v) is 2.25. The Hall–Kier alpha value is -1.86. The third-order valence-electron chi connectivity index (χ3n) is 2.25. The van der Waals surface area contributed by atoms with Crippen LogP contribution < -0.4 is 10.5 Å². The maximum atomic E-state index is 13.4. The number of carboxylic acid groups (broad SMARTS) is 1. The Morgan fingerprint density at radius 3 is 2.63 bits per heavy atom. The summed E-state index contributed by atoms with van der Waals surface area (Å²) in [7, 11) is 1.56. The standard InChI is InChI=1S/C12H16FNO5/c1-17-2-3-18-4-5-19-11-7-9(13)8(12(15)16)6-10(11)14/h6-7H,2-5,14H2,1H3,(H,15,16). The van der Waals surface area contributed by atoms with Crippen LogP contribution in [0.3, 0.4) is 0 Å². The van der Waals surface area contributed by atoms with Crippen LogP contribution >= 0.6 is 0 Å². The van der Waals surface area contributed by atoms with Crippen LogP contribution in [0.25, 0.3) is 0 Å². The van der Waals surface area contributed by atoms with Gasteiger partial charge in [-0.25, -0.2) is 9.18 Å². The number of benzene rings is 1. The summed E-state index contributed by atoms with van der Waals surface area (Å²) in [6.45, 7) is 1.39. The van der Waals surface area contributed by atoms with Gasteiger partial charge in [0, 0.05) is 13.2 Å². The van der Waals surface area contributed by atoms with Crippen LogP contribution in [0.15, 0.2) is 12.1 Å². The van der Waals surface area contributed by atoms with E-state index in [1.807, 2.05) is 0 Å². The number of nitrogen functional groups attached to an aromatic ring is 1. The zero-order valence-corrected chi connectivity index (χ0v) is 10.5. The minimum atomic E-state index is -1.38. The van der Waals surface area contributed by atoms with E-state index >= 15 is 0 Å². The number of hydrogen-bond donors (Lipinski definition) is 2. The minimum Gasteiger partial charge on any atom is -0.489 e. The van der Waals surface area contributed by atoms with Gasteiger partial charge >= 0.3 is 5.97 Å². The first kappa shape index (κ1) is 15.2. The van der Waals surface area contributed by atoms with E-state index in [4.69, 9.17) is 25.1 Å². The summed E-state index contributed by atoms with van der Waals surface area (Å²) in [6.07, 6.45) is 0. The Morgan fingerprint density at radius 1 is 1.32 bits per heavy atom. The van der Waals surface area contributed by atoms with E-state index in [0.29, 0.717) is 19.8 Å². The van der Waals surface area contributed by atoms with Crippen LogP contribution in [0.1, 0.15) is 10.4 Å². The molecular weight excluding hydrogens is 257 g/mol. The van der Waals surface area contributed by atoms with Gasteiger partial charge in [-0.3, -0.25) is 0 Å². The summed E-state index contributed by atoms with van der Waals surface area (Å²) in [4.78, 5) is 10.7. The molecule has 0 aromatic heterocycles. The molecule has 0 unspecified atom stereocenters. The van der Waals surface area contributed by atoms with E-state index in [2.05, 4.69) is 0 Å². The lowest BCUT2D eigenvalue weighted by molar-refractivity contribution is 0.0545. The highest BCUT2D eigenvalue weighted by atomic mass is 19.1. The molecule has 0 atom stereocenters. The van der Waals surface area contributed by atoms with Gasteiger partial charge in [-0.2, -0.15) is 0 Å². The molecule has 1 rings (SSSR count). The highest BCUT2D eigenvalue weighted by molar-refractivity contribution is 5.89. The van der Waals surface area contributed by atoms with Gasteiger partial charge in [0.05, 0.1) is 31.1 Å². The van der Waals surface area contributed by atoms with Gasteiger partial charge in [0.2, 0.25) is 0 Å². The van der Waals surface area contributed by atoms with Gasteiger partial charge in [-0.15, -0.1) is 0 Å². The molecule has 0 bridgehead atoms. The molecule has 0 heterocycles. The normalized spacial score (nSPS) is 10.4. The molecule has 7 heteroatoms. The highest BCUT2D eigenvalue weighted by Crippen LogP contribution is 2.25. The van der Waals surface area contributed by atoms with Crippen molar-refractivity contribution in [2.45, 2.75) is 0 Å². The van der Waals surface area contributed by atoms with Gasteiger partial charge in [0.15, 0.2) is 0 Å². The molecule has 19 heavy (non-hydrogen) atoms. The number of methoxy groups -OCH3 is 1. The molecule has 0 aliphatic heterocycles. The first-order chi connectivity index (χ1) is 9.06. The van der Waals surface area contributed by atoms with Crippen molar-refractivity contribution in [3.63, 3.8) is 0 Å². The van der Waals surface area contributed by atoms with Crippen LogP contribution in [0.4, 0.5) is 10.1 Å². The average Bonchev–Trinajstić information content (AvgIpc) is 2.36. The van der Waals surface area contributed by atoms with E-state index in [1.54, 1.807) is 7.11 Å². The number of ether oxygens (including phenoxy) is 3. The van der Waals surface area contributed by atoms with Crippen molar-refractivity contribution in [3.8, 4) is 5.75 Å². The quantitative estimate of drug-likeness (QED) is 0.545. The van der Waals surface area contributed by atoms with Crippen LogP contribution in [0.5, 0.6) is 5.75 Å². The summed E-state index contributed by atoms with van der Waals surface area (Å²) in [6, 6.07) is 1.98. The maximum absolute atomic E-state index is 13.4. The second kappa shape index (κ2) is 7.55. The molecule has 6 nitrogen and oxygen atoms in total. The smallest absolute Gasteiger partial charge is 0.338 e. The number of carboxylic acids is 1. The summed E-state index contributed by atoms with van der Waals surface area (Å²) in [5.74, 6) is -2.17. The van der Waals surface area contributed by atoms with Crippen molar-refractivity contribution < 1.29 is 28.5 Å². The van der Waals surface area contributed by atoms with E-state index < -0.39 is 17.3 Å². The molecule has 1 aromatic rings. The Labute approximate surface area is 109 Å². The lowest BCUT2D eigenvalue weighted by Crippen LogP contribution is -2.11. The fourth-order valence-corrected chi connectivity index (χ4v) is 1.32. The molecule has 0 saturated carbocycles. The SMILES string of the molecule is COCCOCCOc1cc(F)c(C(=O)O)cc1N. The number of anilines is 1. The molecule has 0 saturated heterocycles. The van der Waals surface area contributed by atoms with Crippen molar-refractivity contribution in [1.29, 1.82) is 0 Å². The van der Waals surface area contributed by atoms with E-state index in [0.717, 1.165) is 12.1 Å². The Morgan fingerprint density at radius 2 is 2.00 bits per heavy atom. The molecule has 1 aromatic carbocycles. The fraction of sp³-hybridized carbons (Fsp3) is 0.417. The van der Waals surface area contributed by atoms with Crippen molar-refractivity contribution in [1.82, 2.24) is 0 Å². The molecule has 0 aliphatic rings. The zero-order valence-electron chi connectivity index (χ0n) is 10.5. The number of hydrogen-bond acceptors (Lipinski definition) is 5. The van der Waals surface area contributed by atoms with Gasteiger partial charge in [-0.05, 0) is 6.07 Å². The first-order valence-electron chi connectivity index (χ1n) is 5.58. The van der Waals surface area contributed by atoms with Crippen LogP contribution in [0.2, 0.25) is 0 Å². The average molecular weight is 273 g/mol. The van der Waals surface area contributed by atoms with Gasteiger partial charge in [-0.1, -0.05) is 0 Å². The molecular formula is C12H16FNO5. The molecule has 0 fully saturated rings. The van der Waals surface area contributed by atoms with Crippen molar-refractivity contribution >= 4 is 11.7 Å². The number of aromatic carboxylic acids is 1. The summed E-state index contributed by atoms with van der Waals surface area (Å²) in [5.41, 5.74) is 5.16. The molecule has 0 aliphatic carbocycles. The predicted octanol–water partition coefficient (Wildman–Crippen LogP) is 1.15. The lowest BCUT2D eigenvalue weighted by atomic mass is 10.2. The lowest BCUT2D eigenvalue weighted by Gasteiger charge is -2.10. The fourth-order valence-electron chi connectivity index (χ4n) is 1.32. The van der Waals surface area contributed by atoms with Crippen LogP contribution in [-0.4, -0.2) is 44.6 Å². The molecule has 0 amide bonds. The number of carbonyl (C=O) groups is 1. The Kier molecular flexibility index (Phi) is 6.04. The minimum absolute atomic E-state index is 0.0655. The second-order valence-electron chi connectivity index (χ2n) is 3.63. The number of nitrogens with two attached hydrogens (primary N) is 1. The van der Waals surface area contributed by atoms with Crippen LogP contribution in [-0.2, 0) is 9.47 Å². The van der Waals surface area contributed by atoms with Gasteiger partial charge < -0.3 is 25.1 Å². The van der Waals surface area contributed by atoms with Gasteiger partial charge in [0.25, 0.3) is 0 Å². The number of halogens is 1. The first-order valence-corrected chi connectivity index (χ1v) is 5.58. The largest absolute Gasteiger partial charge is 0.489 e. The van der Waals surface area contributed by atoms with Crippen LogP contribution in [0, 0.1) is 5.82 Å². The maximum Gasteiger partial charge on any atom is 0.338 e. The Balaban J connectivity index is 2.50. The molecule has 0 radical (unpaired) electrons. The highest BCUT2D eigenvalue weighted by Gasteiger charge is 2.14. The molecule has 0 spiro atoms. The van der Waals surface area contributed by atoms with E-state index in [9.17, 15) is 9.18 Å². The van der Waals surface area contributed by atoms with Crippen molar-refractivity contribution in [3.05, 3.63) is 23.5 Å². The summed E-state index contributed by atoms with van der Waals surface area (Å²) < 4.78 is 28.5. The Bertz CT molecular complexity index is 438. The van der Waals surface area contributed by atoms with Crippen molar-refractivity contribution in [2.24, 2.45) is 0 Å².